The van der Waals surface area contributed by atoms with Gasteiger partial charge in [-0.05, 0) is 26.3 Å². The molecule has 0 bridgehead atoms. The van der Waals surface area contributed by atoms with E-state index in [1.54, 1.807) is 6.20 Å². The fraction of sp³-hybridized carbons (Fsp3) is 0.583. The van der Waals surface area contributed by atoms with Gasteiger partial charge in [-0.25, -0.2) is 0 Å². The van der Waals surface area contributed by atoms with Gasteiger partial charge in [0, 0.05) is 24.5 Å². The third-order valence-corrected chi connectivity index (χ3v) is 2.58. The van der Waals surface area contributed by atoms with Gasteiger partial charge in [-0.15, -0.1) is 0 Å². The van der Waals surface area contributed by atoms with Gasteiger partial charge in [0.1, 0.15) is 0 Å². The third-order valence-electron chi connectivity index (χ3n) is 2.58. The number of pyridine rings is 1. The topological polar surface area (TPSA) is 48.1 Å². The molecule has 84 valence electrons. The SMILES string of the molecule is CCC(C)(C)OC(CN)c1cccnc1. The van der Waals surface area contributed by atoms with Crippen LogP contribution in [-0.4, -0.2) is 17.1 Å². The molecular formula is C12H20N2O. The number of aromatic nitrogens is 1. The van der Waals surface area contributed by atoms with Gasteiger partial charge in [0.15, 0.2) is 0 Å². The molecule has 0 aliphatic carbocycles. The highest BCUT2D eigenvalue weighted by Gasteiger charge is 2.22. The Morgan fingerprint density at radius 3 is 2.73 bits per heavy atom. The lowest BCUT2D eigenvalue weighted by atomic mass is 10.1. The van der Waals surface area contributed by atoms with Crippen molar-refractivity contribution in [2.24, 2.45) is 5.73 Å². The van der Waals surface area contributed by atoms with Crippen LogP contribution in [0.3, 0.4) is 0 Å². The fourth-order valence-electron chi connectivity index (χ4n) is 1.29. The number of hydrogen-bond acceptors (Lipinski definition) is 3. The Balaban J connectivity index is 2.73. The van der Waals surface area contributed by atoms with E-state index in [2.05, 4.69) is 25.8 Å². The number of nitrogens with two attached hydrogens (primary N) is 1. The molecule has 2 N–H and O–H groups in total. The number of nitrogens with zero attached hydrogens (tertiary/aromatic N) is 1. The first-order valence-electron chi connectivity index (χ1n) is 5.37. The van der Waals surface area contributed by atoms with Crippen LogP contribution in [0, 0.1) is 0 Å². The van der Waals surface area contributed by atoms with E-state index < -0.39 is 0 Å². The molecule has 3 nitrogen and oxygen atoms in total. The summed E-state index contributed by atoms with van der Waals surface area (Å²) in [6.07, 6.45) is 4.46. The molecule has 1 unspecified atom stereocenters. The summed E-state index contributed by atoms with van der Waals surface area (Å²) in [7, 11) is 0. The number of rotatable bonds is 5. The molecule has 0 saturated carbocycles. The first-order valence-corrected chi connectivity index (χ1v) is 5.37. The van der Waals surface area contributed by atoms with Gasteiger partial charge in [-0.3, -0.25) is 4.98 Å². The zero-order valence-electron chi connectivity index (χ0n) is 9.73. The molecule has 1 heterocycles. The predicted octanol–water partition coefficient (Wildman–Crippen LogP) is 2.29. The molecule has 0 saturated heterocycles. The molecule has 1 rings (SSSR count). The minimum atomic E-state index is -0.139. The molecule has 0 fully saturated rings. The van der Waals surface area contributed by atoms with E-state index in [9.17, 15) is 0 Å². The third kappa shape index (κ3) is 3.61. The first kappa shape index (κ1) is 12.1. The van der Waals surface area contributed by atoms with Crippen molar-refractivity contribution < 1.29 is 4.74 Å². The van der Waals surface area contributed by atoms with Crippen molar-refractivity contribution in [3.8, 4) is 0 Å². The van der Waals surface area contributed by atoms with E-state index in [1.165, 1.54) is 0 Å². The Morgan fingerprint density at radius 1 is 1.53 bits per heavy atom. The predicted molar refractivity (Wildman–Crippen MR) is 61.5 cm³/mol. The summed E-state index contributed by atoms with van der Waals surface area (Å²) in [5.74, 6) is 0. The van der Waals surface area contributed by atoms with E-state index in [0.29, 0.717) is 6.54 Å². The van der Waals surface area contributed by atoms with Gasteiger partial charge in [0.25, 0.3) is 0 Å². The maximum Gasteiger partial charge on any atom is 0.0969 e. The monoisotopic (exact) mass is 208 g/mol. The van der Waals surface area contributed by atoms with Gasteiger partial charge in [-0.2, -0.15) is 0 Å². The largest absolute Gasteiger partial charge is 0.366 e. The number of ether oxygens (including phenoxy) is 1. The van der Waals surface area contributed by atoms with Crippen LogP contribution in [-0.2, 0) is 4.74 Å². The van der Waals surface area contributed by atoms with E-state index in [4.69, 9.17) is 10.5 Å². The molecule has 0 aliphatic rings. The Bertz CT molecular complexity index is 285. The molecule has 15 heavy (non-hydrogen) atoms. The van der Waals surface area contributed by atoms with Crippen molar-refractivity contribution >= 4 is 0 Å². The number of hydrogen-bond donors (Lipinski definition) is 1. The summed E-state index contributed by atoms with van der Waals surface area (Å²) in [6.45, 7) is 6.74. The molecule has 0 amide bonds. The highest BCUT2D eigenvalue weighted by atomic mass is 16.5. The molecule has 1 aromatic heterocycles. The zero-order valence-corrected chi connectivity index (χ0v) is 9.73. The minimum Gasteiger partial charge on any atom is -0.366 e. The van der Waals surface area contributed by atoms with Crippen LogP contribution in [0.25, 0.3) is 0 Å². The Kier molecular flexibility index (Phi) is 4.24. The van der Waals surface area contributed by atoms with E-state index >= 15 is 0 Å². The second kappa shape index (κ2) is 5.24. The summed E-state index contributed by atoms with van der Waals surface area (Å²) in [5.41, 5.74) is 6.62. The van der Waals surface area contributed by atoms with Crippen LogP contribution in [0.2, 0.25) is 0 Å². The van der Waals surface area contributed by atoms with Crippen LogP contribution in [0.15, 0.2) is 24.5 Å². The first-order chi connectivity index (χ1) is 7.09. The lowest BCUT2D eigenvalue weighted by molar-refractivity contribution is -0.0714. The molecule has 0 aliphatic heterocycles. The quantitative estimate of drug-likeness (QED) is 0.807. The molecule has 0 spiro atoms. The summed E-state index contributed by atoms with van der Waals surface area (Å²) >= 11 is 0. The van der Waals surface area contributed by atoms with Gasteiger partial charge >= 0.3 is 0 Å². The molecule has 3 heteroatoms. The molecule has 1 aromatic rings. The lowest BCUT2D eigenvalue weighted by Gasteiger charge is -2.29. The van der Waals surface area contributed by atoms with Crippen LogP contribution in [0.5, 0.6) is 0 Å². The molecule has 1 atom stereocenters. The van der Waals surface area contributed by atoms with E-state index in [-0.39, 0.29) is 11.7 Å². The summed E-state index contributed by atoms with van der Waals surface area (Å²) < 4.78 is 5.96. The molecular weight excluding hydrogens is 188 g/mol. The smallest absolute Gasteiger partial charge is 0.0969 e. The van der Waals surface area contributed by atoms with Gasteiger partial charge in [-0.1, -0.05) is 13.0 Å². The molecule has 0 aromatic carbocycles. The molecule has 0 radical (unpaired) electrons. The van der Waals surface area contributed by atoms with Gasteiger partial charge in [0.05, 0.1) is 11.7 Å². The second-order valence-electron chi connectivity index (χ2n) is 4.24. The van der Waals surface area contributed by atoms with Crippen LogP contribution >= 0.6 is 0 Å². The highest BCUT2D eigenvalue weighted by Crippen LogP contribution is 2.24. The Hall–Kier alpha value is -0.930. The van der Waals surface area contributed by atoms with Crippen LogP contribution in [0.1, 0.15) is 38.9 Å². The lowest BCUT2D eigenvalue weighted by Crippen LogP contribution is -2.29. The van der Waals surface area contributed by atoms with Crippen molar-refractivity contribution in [2.45, 2.75) is 38.9 Å². The zero-order chi connectivity index (χ0) is 11.3. The van der Waals surface area contributed by atoms with Gasteiger partial charge < -0.3 is 10.5 Å². The van der Waals surface area contributed by atoms with E-state index in [1.807, 2.05) is 18.3 Å². The van der Waals surface area contributed by atoms with Gasteiger partial charge in [0.2, 0.25) is 0 Å². The highest BCUT2D eigenvalue weighted by molar-refractivity contribution is 5.12. The van der Waals surface area contributed by atoms with Crippen molar-refractivity contribution in [3.05, 3.63) is 30.1 Å². The van der Waals surface area contributed by atoms with Crippen molar-refractivity contribution in [3.63, 3.8) is 0 Å². The fourth-order valence-corrected chi connectivity index (χ4v) is 1.29. The summed E-state index contributed by atoms with van der Waals surface area (Å²) in [5, 5.41) is 0. The summed E-state index contributed by atoms with van der Waals surface area (Å²) in [4.78, 5) is 4.07. The normalized spacial score (nSPS) is 13.9. The maximum atomic E-state index is 5.96. The van der Waals surface area contributed by atoms with E-state index in [0.717, 1.165) is 12.0 Å². The maximum absolute atomic E-state index is 5.96. The second-order valence-corrected chi connectivity index (χ2v) is 4.24. The van der Waals surface area contributed by atoms with Crippen LogP contribution in [0.4, 0.5) is 0 Å². The average Bonchev–Trinajstić information content (AvgIpc) is 2.27. The minimum absolute atomic E-state index is 0.0614. The van der Waals surface area contributed by atoms with Crippen LogP contribution < -0.4 is 5.73 Å². The Morgan fingerprint density at radius 2 is 2.27 bits per heavy atom. The van der Waals surface area contributed by atoms with Crippen molar-refractivity contribution in [2.75, 3.05) is 6.54 Å². The standard InChI is InChI=1S/C12H20N2O/c1-4-12(2,3)15-11(8-13)10-6-5-7-14-9-10/h5-7,9,11H,4,8,13H2,1-3H3. The van der Waals surface area contributed by atoms with Crippen molar-refractivity contribution in [1.29, 1.82) is 0 Å². The summed E-state index contributed by atoms with van der Waals surface area (Å²) in [6, 6.07) is 3.90. The average molecular weight is 208 g/mol. The van der Waals surface area contributed by atoms with Crippen molar-refractivity contribution in [1.82, 2.24) is 4.98 Å². The Labute approximate surface area is 91.7 Å².